The maximum atomic E-state index is 12.9. The van der Waals surface area contributed by atoms with Gasteiger partial charge in [-0.05, 0) is 29.8 Å². The van der Waals surface area contributed by atoms with Crippen molar-refractivity contribution < 1.29 is 13.9 Å². The zero-order valence-corrected chi connectivity index (χ0v) is 15.4. The van der Waals surface area contributed by atoms with Gasteiger partial charge >= 0.3 is 0 Å². The predicted molar refractivity (Wildman–Crippen MR) is 101 cm³/mol. The standard InChI is InChI=1S/C18H18FN5O2S/c1-26-15-5-3-2-4-14(15)17-22-23-18(24(17)20)27-11-16(25)21-10-12-6-8-13(19)9-7-12/h2-9H,10-11,20H2,1H3,(H,21,25). The van der Waals surface area contributed by atoms with Crippen molar-refractivity contribution in [2.45, 2.75) is 11.7 Å². The van der Waals surface area contributed by atoms with Gasteiger partial charge in [0.05, 0.1) is 18.4 Å². The van der Waals surface area contributed by atoms with E-state index in [-0.39, 0.29) is 17.5 Å². The van der Waals surface area contributed by atoms with E-state index in [9.17, 15) is 9.18 Å². The smallest absolute Gasteiger partial charge is 0.230 e. The highest BCUT2D eigenvalue weighted by Gasteiger charge is 2.16. The number of carbonyl (C=O) groups is 1. The molecule has 3 rings (SSSR count). The number of aromatic nitrogens is 3. The Morgan fingerprint density at radius 3 is 2.70 bits per heavy atom. The molecule has 0 saturated carbocycles. The molecule has 0 bridgehead atoms. The van der Waals surface area contributed by atoms with Crippen LogP contribution < -0.4 is 15.9 Å². The van der Waals surface area contributed by atoms with Crippen LogP contribution in [0.15, 0.2) is 53.7 Å². The Morgan fingerprint density at radius 2 is 1.96 bits per heavy atom. The lowest BCUT2D eigenvalue weighted by molar-refractivity contribution is -0.118. The van der Waals surface area contributed by atoms with Crippen molar-refractivity contribution in [2.75, 3.05) is 18.7 Å². The van der Waals surface area contributed by atoms with Crippen LogP contribution in [0.4, 0.5) is 4.39 Å². The number of nitrogens with two attached hydrogens (primary N) is 1. The van der Waals surface area contributed by atoms with Crippen molar-refractivity contribution in [3.8, 4) is 17.1 Å². The Balaban J connectivity index is 1.59. The minimum atomic E-state index is -0.311. The topological polar surface area (TPSA) is 95.1 Å². The summed E-state index contributed by atoms with van der Waals surface area (Å²) in [5, 5.41) is 11.3. The summed E-state index contributed by atoms with van der Waals surface area (Å²) in [4.78, 5) is 12.0. The second kappa shape index (κ2) is 8.54. The third-order valence-corrected chi connectivity index (χ3v) is 4.69. The van der Waals surface area contributed by atoms with E-state index in [0.29, 0.717) is 28.8 Å². The van der Waals surface area contributed by atoms with Crippen molar-refractivity contribution in [2.24, 2.45) is 0 Å². The van der Waals surface area contributed by atoms with Gasteiger partial charge in [0.1, 0.15) is 11.6 Å². The number of methoxy groups -OCH3 is 1. The molecule has 0 atom stereocenters. The number of hydrogen-bond donors (Lipinski definition) is 2. The first-order valence-corrected chi connectivity index (χ1v) is 9.05. The Hall–Kier alpha value is -3.07. The first-order chi connectivity index (χ1) is 13.1. The molecule has 1 amide bonds. The molecule has 27 heavy (non-hydrogen) atoms. The third kappa shape index (κ3) is 4.56. The molecule has 9 heteroatoms. The molecular weight excluding hydrogens is 369 g/mol. The molecule has 0 spiro atoms. The number of hydrogen-bond acceptors (Lipinski definition) is 6. The van der Waals surface area contributed by atoms with Gasteiger partial charge in [-0.15, -0.1) is 10.2 Å². The first-order valence-electron chi connectivity index (χ1n) is 8.06. The minimum Gasteiger partial charge on any atom is -0.496 e. The number of rotatable bonds is 7. The monoisotopic (exact) mass is 387 g/mol. The summed E-state index contributed by atoms with van der Waals surface area (Å²) in [7, 11) is 1.57. The summed E-state index contributed by atoms with van der Waals surface area (Å²) < 4.78 is 19.5. The van der Waals surface area contributed by atoms with Crippen LogP contribution in [-0.4, -0.2) is 33.6 Å². The van der Waals surface area contributed by atoms with Gasteiger partial charge in [0.25, 0.3) is 0 Å². The van der Waals surface area contributed by atoms with Gasteiger partial charge in [-0.3, -0.25) is 4.79 Å². The summed E-state index contributed by atoms with van der Waals surface area (Å²) in [5.41, 5.74) is 1.53. The second-order valence-corrected chi connectivity index (χ2v) is 6.51. The molecule has 0 radical (unpaired) electrons. The van der Waals surface area contributed by atoms with E-state index in [1.54, 1.807) is 25.3 Å². The summed E-state index contributed by atoms with van der Waals surface area (Å²) in [6.07, 6.45) is 0. The lowest BCUT2D eigenvalue weighted by Gasteiger charge is -2.08. The molecule has 1 heterocycles. The fourth-order valence-corrected chi connectivity index (χ4v) is 3.06. The average molecular weight is 387 g/mol. The molecule has 0 saturated heterocycles. The van der Waals surface area contributed by atoms with Crippen LogP contribution in [0.3, 0.4) is 0 Å². The van der Waals surface area contributed by atoms with Gasteiger partial charge < -0.3 is 15.9 Å². The van der Waals surface area contributed by atoms with E-state index in [0.717, 1.165) is 5.56 Å². The number of nitrogens with zero attached hydrogens (tertiary/aromatic N) is 3. The van der Waals surface area contributed by atoms with Crippen LogP contribution in [0.25, 0.3) is 11.4 Å². The number of ether oxygens (including phenoxy) is 1. The van der Waals surface area contributed by atoms with Crippen LogP contribution in [-0.2, 0) is 11.3 Å². The van der Waals surface area contributed by atoms with Crippen molar-refractivity contribution in [3.63, 3.8) is 0 Å². The van der Waals surface area contributed by atoms with Crippen LogP contribution in [0.2, 0.25) is 0 Å². The maximum Gasteiger partial charge on any atom is 0.230 e. The van der Waals surface area contributed by atoms with E-state index < -0.39 is 0 Å². The molecule has 3 aromatic rings. The molecule has 140 valence electrons. The third-order valence-electron chi connectivity index (χ3n) is 3.75. The van der Waals surface area contributed by atoms with Gasteiger partial charge in [0.2, 0.25) is 11.1 Å². The lowest BCUT2D eigenvalue weighted by atomic mass is 10.2. The summed E-state index contributed by atoms with van der Waals surface area (Å²) in [6.45, 7) is 0.321. The maximum absolute atomic E-state index is 12.9. The van der Waals surface area contributed by atoms with Crippen molar-refractivity contribution in [1.29, 1.82) is 0 Å². The Morgan fingerprint density at radius 1 is 1.22 bits per heavy atom. The quantitative estimate of drug-likeness (QED) is 0.477. The molecule has 0 aliphatic carbocycles. The SMILES string of the molecule is COc1ccccc1-c1nnc(SCC(=O)NCc2ccc(F)cc2)n1N. The largest absolute Gasteiger partial charge is 0.496 e. The molecule has 0 unspecified atom stereocenters. The zero-order valence-electron chi connectivity index (χ0n) is 14.6. The van der Waals surface area contributed by atoms with E-state index in [1.807, 2.05) is 18.2 Å². The number of halogens is 1. The van der Waals surface area contributed by atoms with Crippen LogP contribution in [0.5, 0.6) is 5.75 Å². The lowest BCUT2D eigenvalue weighted by Crippen LogP contribution is -2.25. The normalized spacial score (nSPS) is 10.6. The fraction of sp³-hybridized carbons (Fsp3) is 0.167. The van der Waals surface area contributed by atoms with E-state index in [4.69, 9.17) is 10.6 Å². The van der Waals surface area contributed by atoms with Crippen LogP contribution in [0.1, 0.15) is 5.56 Å². The molecule has 2 aromatic carbocycles. The highest BCUT2D eigenvalue weighted by atomic mass is 32.2. The molecule has 0 aliphatic rings. The molecule has 7 nitrogen and oxygen atoms in total. The first kappa shape index (κ1) is 18.7. The van der Waals surface area contributed by atoms with Gasteiger partial charge in [-0.2, -0.15) is 0 Å². The van der Waals surface area contributed by atoms with Crippen molar-refractivity contribution in [3.05, 3.63) is 59.9 Å². The Bertz CT molecular complexity index is 930. The second-order valence-electron chi connectivity index (χ2n) is 5.57. The summed E-state index contributed by atoms with van der Waals surface area (Å²) in [5.74, 6) is 6.78. The van der Waals surface area contributed by atoms with Crippen LogP contribution in [0, 0.1) is 5.82 Å². The van der Waals surface area contributed by atoms with E-state index >= 15 is 0 Å². The number of thioether (sulfide) groups is 1. The van der Waals surface area contributed by atoms with Gasteiger partial charge in [-0.1, -0.05) is 36.0 Å². The minimum absolute atomic E-state index is 0.127. The number of carbonyl (C=O) groups excluding carboxylic acids is 1. The van der Waals surface area contributed by atoms with Gasteiger partial charge in [-0.25, -0.2) is 9.07 Å². The fourth-order valence-electron chi connectivity index (χ4n) is 2.37. The van der Waals surface area contributed by atoms with Crippen LogP contribution >= 0.6 is 11.8 Å². The molecule has 3 N–H and O–H groups in total. The predicted octanol–water partition coefficient (Wildman–Crippen LogP) is 2.22. The van der Waals surface area contributed by atoms with E-state index in [1.165, 1.54) is 28.6 Å². The van der Waals surface area contributed by atoms with Crippen molar-refractivity contribution >= 4 is 17.7 Å². The number of benzene rings is 2. The Labute approximate surface area is 159 Å². The summed E-state index contributed by atoms with van der Waals surface area (Å²) >= 11 is 1.17. The average Bonchev–Trinajstić information content (AvgIpc) is 3.06. The highest BCUT2D eigenvalue weighted by molar-refractivity contribution is 7.99. The molecule has 1 aromatic heterocycles. The number of nitrogen functional groups attached to an aromatic ring is 1. The molecular formula is C18H18FN5O2S. The van der Waals surface area contributed by atoms with E-state index in [2.05, 4.69) is 15.5 Å². The summed E-state index contributed by atoms with van der Waals surface area (Å²) in [6, 6.07) is 13.3. The van der Waals surface area contributed by atoms with Crippen molar-refractivity contribution in [1.82, 2.24) is 20.2 Å². The van der Waals surface area contributed by atoms with Gasteiger partial charge in [0, 0.05) is 6.54 Å². The zero-order chi connectivity index (χ0) is 19.2. The highest BCUT2D eigenvalue weighted by Crippen LogP contribution is 2.29. The number of para-hydroxylation sites is 1. The molecule has 0 fully saturated rings. The number of nitrogens with one attached hydrogen (secondary N) is 1. The number of amides is 1. The van der Waals surface area contributed by atoms with Gasteiger partial charge in [0.15, 0.2) is 5.82 Å². The molecule has 0 aliphatic heterocycles. The Kier molecular flexibility index (Phi) is 5.92.